The highest BCUT2D eigenvalue weighted by Crippen LogP contribution is 2.37. The standard InChI is InChI=1S/C20H19ClN2O3S/c1-25-15-6-7-17-16(12-15)18(21)19(27-17)20(24)22-13-2-4-14(5-3-13)23-8-10-26-11-9-23/h2-7,12H,8-11H2,1H3,(H,22,24). The van der Waals surface area contributed by atoms with Crippen molar-refractivity contribution in [3.05, 3.63) is 52.4 Å². The summed E-state index contributed by atoms with van der Waals surface area (Å²) in [5, 5.41) is 4.21. The number of hydrogen-bond acceptors (Lipinski definition) is 5. The second-order valence-corrected chi connectivity index (χ2v) is 7.64. The van der Waals surface area contributed by atoms with Crippen LogP contribution in [0.2, 0.25) is 5.02 Å². The number of methoxy groups -OCH3 is 1. The van der Waals surface area contributed by atoms with Crippen LogP contribution in [-0.4, -0.2) is 39.3 Å². The number of ether oxygens (including phenoxy) is 2. The fourth-order valence-corrected chi connectivity index (χ4v) is 4.47. The summed E-state index contributed by atoms with van der Waals surface area (Å²) in [6.45, 7) is 3.25. The molecule has 0 saturated carbocycles. The van der Waals surface area contributed by atoms with Crippen LogP contribution in [0.25, 0.3) is 10.1 Å². The first-order valence-corrected chi connectivity index (χ1v) is 9.85. The highest BCUT2D eigenvalue weighted by Gasteiger charge is 2.18. The molecule has 0 unspecified atom stereocenters. The van der Waals surface area contributed by atoms with Gasteiger partial charge in [-0.2, -0.15) is 0 Å². The van der Waals surface area contributed by atoms with Crippen molar-refractivity contribution in [2.45, 2.75) is 0 Å². The van der Waals surface area contributed by atoms with Crippen LogP contribution in [0.15, 0.2) is 42.5 Å². The van der Waals surface area contributed by atoms with Gasteiger partial charge in [0, 0.05) is 34.6 Å². The summed E-state index contributed by atoms with van der Waals surface area (Å²) in [6.07, 6.45) is 0. The molecule has 3 aromatic rings. The fourth-order valence-electron chi connectivity index (χ4n) is 3.08. The number of amides is 1. The van der Waals surface area contributed by atoms with Gasteiger partial charge >= 0.3 is 0 Å². The van der Waals surface area contributed by atoms with Gasteiger partial charge in [-0.05, 0) is 42.5 Å². The van der Waals surface area contributed by atoms with Gasteiger partial charge in [0.15, 0.2) is 0 Å². The predicted molar refractivity (Wildman–Crippen MR) is 111 cm³/mol. The first-order chi connectivity index (χ1) is 13.2. The lowest BCUT2D eigenvalue weighted by Crippen LogP contribution is -2.36. The largest absolute Gasteiger partial charge is 0.497 e. The van der Waals surface area contributed by atoms with E-state index in [0.29, 0.717) is 15.6 Å². The van der Waals surface area contributed by atoms with E-state index in [9.17, 15) is 4.79 Å². The zero-order chi connectivity index (χ0) is 18.8. The number of rotatable bonds is 4. The molecule has 1 fully saturated rings. The van der Waals surface area contributed by atoms with E-state index in [4.69, 9.17) is 21.1 Å². The van der Waals surface area contributed by atoms with Gasteiger partial charge in [-0.3, -0.25) is 4.79 Å². The van der Waals surface area contributed by atoms with Gasteiger partial charge in [0.05, 0.1) is 25.3 Å². The van der Waals surface area contributed by atoms with Crippen LogP contribution in [0.5, 0.6) is 5.75 Å². The monoisotopic (exact) mass is 402 g/mol. The van der Waals surface area contributed by atoms with Gasteiger partial charge in [-0.15, -0.1) is 11.3 Å². The number of fused-ring (bicyclic) bond motifs is 1. The van der Waals surface area contributed by atoms with Crippen LogP contribution >= 0.6 is 22.9 Å². The smallest absolute Gasteiger partial charge is 0.267 e. The maximum atomic E-state index is 12.7. The Morgan fingerprint density at radius 2 is 1.93 bits per heavy atom. The molecule has 2 aromatic carbocycles. The minimum atomic E-state index is -0.209. The van der Waals surface area contributed by atoms with E-state index in [1.165, 1.54) is 11.3 Å². The second kappa shape index (κ2) is 7.76. The Balaban J connectivity index is 1.52. The zero-order valence-electron chi connectivity index (χ0n) is 14.8. The molecule has 0 atom stereocenters. The number of thiophene rings is 1. The Morgan fingerprint density at radius 1 is 1.19 bits per heavy atom. The van der Waals surface area contributed by atoms with Gasteiger partial charge in [0.25, 0.3) is 5.91 Å². The molecule has 1 amide bonds. The molecule has 5 nitrogen and oxygen atoms in total. The maximum Gasteiger partial charge on any atom is 0.267 e. The van der Waals surface area contributed by atoms with Crippen molar-refractivity contribution >= 4 is 50.3 Å². The molecule has 1 N–H and O–H groups in total. The number of hydrogen-bond donors (Lipinski definition) is 1. The Hall–Kier alpha value is -2.28. The van der Waals surface area contributed by atoms with E-state index < -0.39 is 0 Å². The number of benzene rings is 2. The average Bonchev–Trinajstić information content (AvgIpc) is 3.05. The highest BCUT2D eigenvalue weighted by molar-refractivity contribution is 7.21. The molecule has 1 aromatic heterocycles. The van der Waals surface area contributed by atoms with Gasteiger partial charge in [0.1, 0.15) is 10.6 Å². The Morgan fingerprint density at radius 3 is 2.63 bits per heavy atom. The molecule has 2 heterocycles. The number of carbonyl (C=O) groups is 1. The van der Waals surface area contributed by atoms with Crippen molar-refractivity contribution in [2.75, 3.05) is 43.6 Å². The van der Waals surface area contributed by atoms with Crippen LogP contribution in [-0.2, 0) is 4.74 Å². The molecule has 7 heteroatoms. The van der Waals surface area contributed by atoms with Gasteiger partial charge in [-0.1, -0.05) is 11.6 Å². The molecule has 0 radical (unpaired) electrons. The lowest BCUT2D eigenvalue weighted by Gasteiger charge is -2.28. The molecule has 1 aliphatic rings. The summed E-state index contributed by atoms with van der Waals surface area (Å²) in [5.74, 6) is 0.507. The molecule has 1 aliphatic heterocycles. The van der Waals surface area contributed by atoms with Crippen LogP contribution < -0.4 is 15.0 Å². The second-order valence-electron chi connectivity index (χ2n) is 6.21. The molecule has 4 rings (SSSR count). The van der Waals surface area contributed by atoms with E-state index >= 15 is 0 Å². The molecule has 27 heavy (non-hydrogen) atoms. The average molecular weight is 403 g/mol. The Labute approximate surface area is 166 Å². The molecule has 0 spiro atoms. The van der Waals surface area contributed by atoms with Gasteiger partial charge in [-0.25, -0.2) is 0 Å². The number of halogens is 1. The summed E-state index contributed by atoms with van der Waals surface area (Å²) in [6, 6.07) is 13.5. The molecule has 0 aliphatic carbocycles. The molecular formula is C20H19ClN2O3S. The Kier molecular flexibility index (Phi) is 5.20. The third-order valence-electron chi connectivity index (χ3n) is 4.54. The minimum absolute atomic E-state index is 0.209. The number of carbonyl (C=O) groups excluding carboxylic acids is 1. The first kappa shape index (κ1) is 18.1. The predicted octanol–water partition coefficient (Wildman–Crippen LogP) is 4.65. The summed E-state index contributed by atoms with van der Waals surface area (Å²) in [4.78, 5) is 15.5. The lowest BCUT2D eigenvalue weighted by molar-refractivity contribution is 0.103. The minimum Gasteiger partial charge on any atom is -0.497 e. The molecule has 0 bridgehead atoms. The van der Waals surface area contributed by atoms with Gasteiger partial charge < -0.3 is 19.7 Å². The molecule has 1 saturated heterocycles. The van der Waals surface area contributed by atoms with Crippen molar-refractivity contribution in [3.8, 4) is 5.75 Å². The van der Waals surface area contributed by atoms with Crippen molar-refractivity contribution in [2.24, 2.45) is 0 Å². The maximum absolute atomic E-state index is 12.7. The third-order valence-corrected chi connectivity index (χ3v) is 6.22. The number of nitrogens with one attached hydrogen (secondary N) is 1. The number of anilines is 2. The summed E-state index contributed by atoms with van der Waals surface area (Å²) < 4.78 is 11.6. The quantitative estimate of drug-likeness (QED) is 0.690. The number of nitrogens with zero attached hydrogens (tertiary/aromatic N) is 1. The normalized spacial score (nSPS) is 14.4. The van der Waals surface area contributed by atoms with Crippen LogP contribution in [0.4, 0.5) is 11.4 Å². The molecular weight excluding hydrogens is 384 g/mol. The zero-order valence-corrected chi connectivity index (χ0v) is 16.4. The molecule has 140 valence electrons. The summed E-state index contributed by atoms with van der Waals surface area (Å²) >= 11 is 7.82. The van der Waals surface area contributed by atoms with Crippen molar-refractivity contribution in [3.63, 3.8) is 0 Å². The lowest BCUT2D eigenvalue weighted by atomic mass is 10.2. The van der Waals surface area contributed by atoms with E-state index in [1.54, 1.807) is 7.11 Å². The van der Waals surface area contributed by atoms with E-state index in [-0.39, 0.29) is 5.91 Å². The summed E-state index contributed by atoms with van der Waals surface area (Å²) in [7, 11) is 1.61. The third kappa shape index (κ3) is 3.74. The highest BCUT2D eigenvalue weighted by atomic mass is 35.5. The van der Waals surface area contributed by atoms with E-state index in [1.807, 2.05) is 42.5 Å². The van der Waals surface area contributed by atoms with Crippen molar-refractivity contribution < 1.29 is 14.3 Å². The van der Waals surface area contributed by atoms with E-state index in [2.05, 4.69) is 10.2 Å². The van der Waals surface area contributed by atoms with Crippen molar-refractivity contribution in [1.29, 1.82) is 0 Å². The van der Waals surface area contributed by atoms with E-state index in [0.717, 1.165) is 47.8 Å². The van der Waals surface area contributed by atoms with Crippen molar-refractivity contribution in [1.82, 2.24) is 0 Å². The van der Waals surface area contributed by atoms with Crippen LogP contribution in [0, 0.1) is 0 Å². The van der Waals surface area contributed by atoms with Gasteiger partial charge in [0.2, 0.25) is 0 Å². The fraction of sp³-hybridized carbons (Fsp3) is 0.250. The summed E-state index contributed by atoms with van der Waals surface area (Å²) in [5.41, 5.74) is 1.87. The topological polar surface area (TPSA) is 50.8 Å². The van der Waals surface area contributed by atoms with Crippen LogP contribution in [0.1, 0.15) is 9.67 Å². The first-order valence-electron chi connectivity index (χ1n) is 8.66. The SMILES string of the molecule is COc1ccc2sc(C(=O)Nc3ccc(N4CCOCC4)cc3)c(Cl)c2c1. The number of morpholine rings is 1. The van der Waals surface area contributed by atoms with Crippen LogP contribution in [0.3, 0.4) is 0 Å². The Bertz CT molecular complexity index is 965.